The predicted octanol–water partition coefficient (Wildman–Crippen LogP) is 3.24. The van der Waals surface area contributed by atoms with Gasteiger partial charge in [-0.25, -0.2) is 0 Å². The van der Waals surface area contributed by atoms with Crippen molar-refractivity contribution in [3.05, 3.63) is 28.2 Å². The topological polar surface area (TPSA) is 64.1 Å². The number of hydrogen-bond donors (Lipinski definition) is 1. The van der Waals surface area contributed by atoms with Crippen LogP contribution in [0.4, 0.5) is 5.69 Å². The van der Waals surface area contributed by atoms with Gasteiger partial charge in [-0.05, 0) is 18.6 Å². The van der Waals surface area contributed by atoms with E-state index in [4.69, 9.17) is 16.3 Å². The van der Waals surface area contributed by atoms with Gasteiger partial charge >= 0.3 is 0 Å². The number of amides is 1. The van der Waals surface area contributed by atoms with Crippen molar-refractivity contribution in [1.82, 2.24) is 10.2 Å². The summed E-state index contributed by atoms with van der Waals surface area (Å²) >= 11 is 8.76. The SMILES string of the molecule is COc1cc(Cl)c(C)cc1NC(=O)CSc1nncs1. The highest BCUT2D eigenvalue weighted by Crippen LogP contribution is 2.31. The second kappa shape index (κ2) is 6.92. The molecule has 2 rings (SSSR count). The van der Waals surface area contributed by atoms with Crippen LogP contribution in [0.1, 0.15) is 5.56 Å². The molecule has 20 heavy (non-hydrogen) atoms. The average molecular weight is 330 g/mol. The molecular formula is C12H12ClN3O2S2. The van der Waals surface area contributed by atoms with Crippen LogP contribution in [0.15, 0.2) is 22.0 Å². The Kier molecular flexibility index (Phi) is 5.22. The summed E-state index contributed by atoms with van der Waals surface area (Å²) in [5, 5.41) is 11.0. The quantitative estimate of drug-likeness (QED) is 0.853. The smallest absolute Gasteiger partial charge is 0.234 e. The standard InChI is InChI=1S/C12H12ClN3O2S2/c1-7-3-9(10(18-2)4-8(7)13)15-11(17)5-19-12-16-14-6-20-12/h3-4,6H,5H2,1-2H3,(H,15,17). The van der Waals surface area contributed by atoms with Crippen LogP contribution in [0.5, 0.6) is 5.75 Å². The van der Waals surface area contributed by atoms with E-state index in [9.17, 15) is 4.79 Å². The van der Waals surface area contributed by atoms with E-state index in [0.29, 0.717) is 16.5 Å². The van der Waals surface area contributed by atoms with Gasteiger partial charge in [-0.3, -0.25) is 4.79 Å². The number of halogens is 1. The zero-order valence-electron chi connectivity index (χ0n) is 10.8. The fourth-order valence-corrected chi connectivity index (χ4v) is 2.91. The highest BCUT2D eigenvalue weighted by Gasteiger charge is 2.11. The van der Waals surface area contributed by atoms with Gasteiger partial charge in [-0.1, -0.05) is 34.7 Å². The molecule has 0 aliphatic rings. The molecule has 1 heterocycles. The van der Waals surface area contributed by atoms with Crippen molar-refractivity contribution in [2.75, 3.05) is 18.2 Å². The van der Waals surface area contributed by atoms with Gasteiger partial charge in [0, 0.05) is 11.1 Å². The van der Waals surface area contributed by atoms with Gasteiger partial charge in [0.05, 0.1) is 18.6 Å². The molecule has 1 aromatic carbocycles. The average Bonchev–Trinajstić information content (AvgIpc) is 2.93. The van der Waals surface area contributed by atoms with Gasteiger partial charge in [0.25, 0.3) is 0 Å². The van der Waals surface area contributed by atoms with Crippen molar-refractivity contribution in [1.29, 1.82) is 0 Å². The molecule has 0 aliphatic carbocycles. The molecular weight excluding hydrogens is 318 g/mol. The van der Waals surface area contributed by atoms with Gasteiger partial charge in [0.2, 0.25) is 5.91 Å². The molecule has 2 aromatic rings. The minimum atomic E-state index is -0.134. The molecule has 0 spiro atoms. The molecule has 1 amide bonds. The summed E-state index contributed by atoms with van der Waals surface area (Å²) in [5.41, 5.74) is 3.11. The van der Waals surface area contributed by atoms with E-state index in [0.717, 1.165) is 9.90 Å². The van der Waals surface area contributed by atoms with Gasteiger partial charge in [0.1, 0.15) is 11.3 Å². The lowest BCUT2D eigenvalue weighted by molar-refractivity contribution is -0.113. The molecule has 0 unspecified atom stereocenters. The zero-order chi connectivity index (χ0) is 14.5. The van der Waals surface area contributed by atoms with E-state index in [1.54, 1.807) is 17.6 Å². The molecule has 0 aliphatic heterocycles. The summed E-state index contributed by atoms with van der Waals surface area (Å²) < 4.78 is 5.97. The van der Waals surface area contributed by atoms with E-state index in [-0.39, 0.29) is 11.7 Å². The maximum absolute atomic E-state index is 11.9. The van der Waals surface area contributed by atoms with E-state index in [2.05, 4.69) is 15.5 Å². The van der Waals surface area contributed by atoms with Crippen LogP contribution in [-0.4, -0.2) is 29.0 Å². The third-order valence-electron chi connectivity index (χ3n) is 2.42. The van der Waals surface area contributed by atoms with Crippen molar-refractivity contribution in [2.45, 2.75) is 11.3 Å². The number of hydrogen-bond acceptors (Lipinski definition) is 6. The molecule has 0 radical (unpaired) electrons. The first-order chi connectivity index (χ1) is 9.60. The molecule has 0 saturated carbocycles. The van der Waals surface area contributed by atoms with Crippen LogP contribution >= 0.6 is 34.7 Å². The van der Waals surface area contributed by atoms with Crippen molar-refractivity contribution in [2.24, 2.45) is 0 Å². The van der Waals surface area contributed by atoms with E-state index >= 15 is 0 Å². The number of anilines is 1. The summed E-state index contributed by atoms with van der Waals surface area (Å²) in [4.78, 5) is 11.9. The molecule has 106 valence electrons. The molecule has 1 aromatic heterocycles. The maximum atomic E-state index is 11.9. The number of ether oxygens (including phenoxy) is 1. The lowest BCUT2D eigenvalue weighted by Gasteiger charge is -2.11. The minimum Gasteiger partial charge on any atom is -0.495 e. The molecule has 0 saturated heterocycles. The summed E-state index contributed by atoms with van der Waals surface area (Å²) in [6.45, 7) is 1.87. The Bertz CT molecular complexity index is 605. The fourth-order valence-electron chi connectivity index (χ4n) is 1.47. The number of benzene rings is 1. The summed E-state index contributed by atoms with van der Waals surface area (Å²) in [6, 6.07) is 3.47. The van der Waals surface area contributed by atoms with Crippen LogP contribution < -0.4 is 10.1 Å². The number of nitrogens with zero attached hydrogens (tertiary/aromatic N) is 2. The lowest BCUT2D eigenvalue weighted by Crippen LogP contribution is -2.14. The highest BCUT2D eigenvalue weighted by molar-refractivity contribution is 8.01. The van der Waals surface area contributed by atoms with Crippen LogP contribution in [0.25, 0.3) is 0 Å². The number of methoxy groups -OCH3 is 1. The second-order valence-corrected chi connectivity index (χ2v) is 6.31. The third-order valence-corrected chi connectivity index (χ3v) is 4.69. The molecule has 0 fully saturated rings. The number of aromatic nitrogens is 2. The first-order valence-corrected chi connectivity index (χ1v) is 7.87. The second-order valence-electron chi connectivity index (χ2n) is 3.84. The Labute approximate surface area is 129 Å². The van der Waals surface area contributed by atoms with Crippen molar-refractivity contribution in [3.63, 3.8) is 0 Å². The Morgan fingerprint density at radius 2 is 2.35 bits per heavy atom. The normalized spacial score (nSPS) is 10.3. The van der Waals surface area contributed by atoms with Gasteiger partial charge in [-0.2, -0.15) is 0 Å². The van der Waals surface area contributed by atoms with Gasteiger partial charge < -0.3 is 10.1 Å². The molecule has 0 bridgehead atoms. The number of carbonyl (C=O) groups is 1. The number of thioether (sulfide) groups is 1. The van der Waals surface area contributed by atoms with Crippen LogP contribution in [0, 0.1) is 6.92 Å². The first kappa shape index (κ1) is 15.1. The van der Waals surface area contributed by atoms with E-state index in [1.807, 2.05) is 6.92 Å². The van der Waals surface area contributed by atoms with Crippen molar-refractivity contribution >= 4 is 46.3 Å². The number of nitrogens with one attached hydrogen (secondary N) is 1. The summed E-state index contributed by atoms with van der Waals surface area (Å²) in [7, 11) is 1.53. The molecule has 8 heteroatoms. The van der Waals surface area contributed by atoms with Crippen molar-refractivity contribution < 1.29 is 9.53 Å². The minimum absolute atomic E-state index is 0.134. The predicted molar refractivity (Wildman–Crippen MR) is 82.0 cm³/mol. The Hall–Kier alpha value is -1.31. The number of carbonyl (C=O) groups excluding carboxylic acids is 1. The summed E-state index contributed by atoms with van der Waals surface area (Å²) in [6.07, 6.45) is 0. The largest absolute Gasteiger partial charge is 0.495 e. The summed E-state index contributed by atoms with van der Waals surface area (Å²) in [5.74, 6) is 0.667. The maximum Gasteiger partial charge on any atom is 0.234 e. The number of aryl methyl sites for hydroxylation is 1. The first-order valence-electron chi connectivity index (χ1n) is 5.63. The lowest BCUT2D eigenvalue weighted by atomic mass is 10.2. The van der Waals surface area contributed by atoms with E-state index in [1.165, 1.54) is 30.2 Å². The van der Waals surface area contributed by atoms with Gasteiger partial charge in [-0.15, -0.1) is 10.2 Å². The molecule has 0 atom stereocenters. The number of rotatable bonds is 5. The molecule has 5 nitrogen and oxygen atoms in total. The van der Waals surface area contributed by atoms with Crippen LogP contribution in [-0.2, 0) is 4.79 Å². The monoisotopic (exact) mass is 329 g/mol. The Morgan fingerprint density at radius 3 is 3.00 bits per heavy atom. The van der Waals surface area contributed by atoms with Crippen LogP contribution in [0.2, 0.25) is 5.02 Å². The van der Waals surface area contributed by atoms with E-state index < -0.39 is 0 Å². The third kappa shape index (κ3) is 3.84. The Balaban J connectivity index is 2.01. The molecule has 1 N–H and O–H groups in total. The van der Waals surface area contributed by atoms with Gasteiger partial charge in [0.15, 0.2) is 4.34 Å². The fraction of sp³-hybridized carbons (Fsp3) is 0.250. The highest BCUT2D eigenvalue weighted by atomic mass is 35.5. The van der Waals surface area contributed by atoms with Crippen LogP contribution in [0.3, 0.4) is 0 Å². The van der Waals surface area contributed by atoms with Crippen molar-refractivity contribution in [3.8, 4) is 5.75 Å². The zero-order valence-corrected chi connectivity index (χ0v) is 13.2. The Morgan fingerprint density at radius 1 is 1.55 bits per heavy atom.